The van der Waals surface area contributed by atoms with E-state index in [0.717, 1.165) is 44.8 Å². The van der Waals surface area contributed by atoms with Gasteiger partial charge in [0, 0.05) is 25.1 Å². The molecule has 1 atom stereocenters. The summed E-state index contributed by atoms with van der Waals surface area (Å²) in [7, 11) is -3.19. The normalized spacial score (nSPS) is 26.4. The summed E-state index contributed by atoms with van der Waals surface area (Å²) in [5, 5.41) is 0. The molecule has 21 heavy (non-hydrogen) atoms. The first-order chi connectivity index (χ1) is 10.1. The lowest BCUT2D eigenvalue weighted by Crippen LogP contribution is -2.44. The molecule has 0 aliphatic carbocycles. The molecule has 5 heteroatoms. The van der Waals surface area contributed by atoms with Gasteiger partial charge < -0.3 is 9.64 Å². The highest BCUT2D eigenvalue weighted by molar-refractivity contribution is 7.91. The van der Waals surface area contributed by atoms with E-state index < -0.39 is 9.84 Å². The van der Waals surface area contributed by atoms with E-state index in [1.165, 1.54) is 6.42 Å². The summed E-state index contributed by atoms with van der Waals surface area (Å²) in [4.78, 5) is 2.73. The van der Waals surface area contributed by atoms with Crippen molar-refractivity contribution in [3.63, 3.8) is 0 Å². The third-order valence-corrected chi connectivity index (χ3v) is 6.54. The first kappa shape index (κ1) is 14.9. The fourth-order valence-electron chi connectivity index (χ4n) is 3.52. The second-order valence-electron chi connectivity index (χ2n) is 6.20. The van der Waals surface area contributed by atoms with Gasteiger partial charge in [0.05, 0.1) is 22.9 Å². The van der Waals surface area contributed by atoms with Gasteiger partial charge in [0.25, 0.3) is 0 Å². The molecule has 1 aromatic carbocycles. The Morgan fingerprint density at radius 2 is 2.10 bits per heavy atom. The maximum absolute atomic E-state index is 12.3. The topological polar surface area (TPSA) is 46.6 Å². The highest BCUT2D eigenvalue weighted by Gasteiger charge is 2.39. The SMILES string of the molecule is CCS(=O)(=O)c1ccccc1N1CCCC2(CCOC2)C1. The Kier molecular flexibility index (Phi) is 3.97. The minimum atomic E-state index is -3.19. The van der Waals surface area contributed by atoms with E-state index in [1.807, 2.05) is 18.2 Å². The number of para-hydroxylation sites is 1. The van der Waals surface area contributed by atoms with Crippen molar-refractivity contribution in [1.82, 2.24) is 0 Å². The smallest absolute Gasteiger partial charge is 0.180 e. The summed E-state index contributed by atoms with van der Waals surface area (Å²) in [5.41, 5.74) is 1.09. The largest absolute Gasteiger partial charge is 0.381 e. The number of piperidine rings is 1. The van der Waals surface area contributed by atoms with Gasteiger partial charge in [-0.25, -0.2) is 8.42 Å². The van der Waals surface area contributed by atoms with Crippen LogP contribution in [-0.2, 0) is 14.6 Å². The van der Waals surface area contributed by atoms with Crippen LogP contribution in [0.4, 0.5) is 5.69 Å². The van der Waals surface area contributed by atoms with E-state index in [-0.39, 0.29) is 11.2 Å². The van der Waals surface area contributed by atoms with Crippen molar-refractivity contribution in [1.29, 1.82) is 0 Å². The maximum atomic E-state index is 12.3. The molecule has 1 spiro atoms. The molecule has 0 bridgehead atoms. The van der Waals surface area contributed by atoms with Gasteiger partial charge in [0.1, 0.15) is 0 Å². The standard InChI is InChI=1S/C16H23NO3S/c1-2-21(18,19)15-7-4-3-6-14(15)17-10-5-8-16(12-17)9-11-20-13-16/h3-4,6-7H,2,5,8-13H2,1H3. The van der Waals surface area contributed by atoms with E-state index in [0.29, 0.717) is 4.90 Å². The lowest BCUT2D eigenvalue weighted by Gasteiger charge is -2.41. The molecule has 0 radical (unpaired) electrons. The van der Waals surface area contributed by atoms with Crippen molar-refractivity contribution in [2.75, 3.05) is 37.0 Å². The fraction of sp³-hybridized carbons (Fsp3) is 0.625. The van der Waals surface area contributed by atoms with Crippen LogP contribution in [0.15, 0.2) is 29.2 Å². The number of ether oxygens (including phenoxy) is 1. The Labute approximate surface area is 127 Å². The summed E-state index contributed by atoms with van der Waals surface area (Å²) in [5.74, 6) is 0.145. The van der Waals surface area contributed by atoms with Gasteiger partial charge in [-0.1, -0.05) is 19.1 Å². The molecule has 2 fully saturated rings. The average molecular weight is 309 g/mol. The quantitative estimate of drug-likeness (QED) is 0.860. The van der Waals surface area contributed by atoms with Crippen LogP contribution in [0.5, 0.6) is 0 Å². The van der Waals surface area contributed by atoms with Crippen molar-refractivity contribution in [3.8, 4) is 0 Å². The molecule has 0 aromatic heterocycles. The third kappa shape index (κ3) is 2.81. The monoisotopic (exact) mass is 309 g/mol. The molecule has 0 N–H and O–H groups in total. The average Bonchev–Trinajstić information content (AvgIpc) is 2.95. The molecule has 1 aromatic rings. The number of hydrogen-bond donors (Lipinski definition) is 0. The van der Waals surface area contributed by atoms with Gasteiger partial charge in [-0.2, -0.15) is 0 Å². The highest BCUT2D eigenvalue weighted by Crippen LogP contribution is 2.40. The number of benzene rings is 1. The number of nitrogens with zero attached hydrogens (tertiary/aromatic N) is 1. The molecule has 2 aliphatic rings. The number of sulfone groups is 1. The summed E-state index contributed by atoms with van der Waals surface area (Å²) in [6, 6.07) is 7.42. The molecular formula is C16H23NO3S. The fourth-order valence-corrected chi connectivity index (χ4v) is 4.63. The summed E-state index contributed by atoms with van der Waals surface area (Å²) < 4.78 is 30.2. The Bertz CT molecular complexity index is 606. The zero-order valence-electron chi connectivity index (χ0n) is 12.5. The number of hydrogen-bond acceptors (Lipinski definition) is 4. The minimum Gasteiger partial charge on any atom is -0.381 e. The van der Waals surface area contributed by atoms with Crippen molar-refractivity contribution in [2.24, 2.45) is 5.41 Å². The molecule has 0 saturated carbocycles. The molecule has 4 nitrogen and oxygen atoms in total. The van der Waals surface area contributed by atoms with Crippen molar-refractivity contribution in [2.45, 2.75) is 31.1 Å². The molecule has 2 saturated heterocycles. The predicted molar refractivity (Wildman–Crippen MR) is 83.5 cm³/mol. The van der Waals surface area contributed by atoms with Crippen molar-refractivity contribution >= 4 is 15.5 Å². The minimum absolute atomic E-state index is 0.145. The Hall–Kier alpha value is -1.07. The lowest BCUT2D eigenvalue weighted by atomic mass is 9.79. The van der Waals surface area contributed by atoms with E-state index in [9.17, 15) is 8.42 Å². The van der Waals surface area contributed by atoms with E-state index >= 15 is 0 Å². The zero-order chi connectivity index (χ0) is 14.9. The molecule has 0 amide bonds. The van der Waals surface area contributed by atoms with Gasteiger partial charge in [0.2, 0.25) is 0 Å². The first-order valence-electron chi connectivity index (χ1n) is 7.71. The number of anilines is 1. The third-order valence-electron chi connectivity index (χ3n) is 4.77. The summed E-state index contributed by atoms with van der Waals surface area (Å²) in [6.45, 7) is 5.19. The summed E-state index contributed by atoms with van der Waals surface area (Å²) in [6.07, 6.45) is 3.38. The van der Waals surface area contributed by atoms with Crippen LogP contribution in [0.3, 0.4) is 0 Å². The Morgan fingerprint density at radius 3 is 2.81 bits per heavy atom. The predicted octanol–water partition coefficient (Wildman–Crippen LogP) is 2.49. The van der Waals surface area contributed by atoms with Crippen molar-refractivity contribution in [3.05, 3.63) is 24.3 Å². The molecule has 1 unspecified atom stereocenters. The lowest BCUT2D eigenvalue weighted by molar-refractivity contribution is 0.139. The van der Waals surface area contributed by atoms with E-state index in [4.69, 9.17) is 4.74 Å². The molecule has 2 heterocycles. The van der Waals surface area contributed by atoms with Crippen LogP contribution >= 0.6 is 0 Å². The first-order valence-corrected chi connectivity index (χ1v) is 9.36. The molecule has 3 rings (SSSR count). The van der Waals surface area contributed by atoms with Crippen molar-refractivity contribution < 1.29 is 13.2 Å². The van der Waals surface area contributed by atoms with Gasteiger partial charge in [-0.3, -0.25) is 0 Å². The van der Waals surface area contributed by atoms with Gasteiger partial charge in [-0.05, 0) is 31.4 Å². The van der Waals surface area contributed by atoms with Gasteiger partial charge >= 0.3 is 0 Å². The maximum Gasteiger partial charge on any atom is 0.180 e. The van der Waals surface area contributed by atoms with Crippen LogP contribution in [0.25, 0.3) is 0 Å². The zero-order valence-corrected chi connectivity index (χ0v) is 13.4. The van der Waals surface area contributed by atoms with Gasteiger partial charge in [0.15, 0.2) is 9.84 Å². The highest BCUT2D eigenvalue weighted by atomic mass is 32.2. The number of rotatable bonds is 3. The van der Waals surface area contributed by atoms with Crippen LogP contribution < -0.4 is 4.90 Å². The van der Waals surface area contributed by atoms with E-state index in [1.54, 1.807) is 13.0 Å². The molecule has 116 valence electrons. The van der Waals surface area contributed by atoms with Crippen LogP contribution in [-0.4, -0.2) is 40.5 Å². The second kappa shape index (κ2) is 5.61. The Balaban J connectivity index is 1.93. The van der Waals surface area contributed by atoms with Gasteiger partial charge in [-0.15, -0.1) is 0 Å². The van der Waals surface area contributed by atoms with E-state index in [2.05, 4.69) is 4.90 Å². The van der Waals surface area contributed by atoms with Crippen LogP contribution in [0.1, 0.15) is 26.2 Å². The molecular weight excluding hydrogens is 286 g/mol. The summed E-state index contributed by atoms with van der Waals surface area (Å²) >= 11 is 0. The molecule has 2 aliphatic heterocycles. The van der Waals surface area contributed by atoms with Crippen LogP contribution in [0.2, 0.25) is 0 Å². The van der Waals surface area contributed by atoms with Crippen LogP contribution in [0, 0.1) is 5.41 Å². The second-order valence-corrected chi connectivity index (χ2v) is 8.45. The Morgan fingerprint density at radius 1 is 1.29 bits per heavy atom.